The van der Waals surface area contributed by atoms with Crippen LogP contribution in [0.1, 0.15) is 34.6 Å². The van der Waals surface area contributed by atoms with Crippen molar-refractivity contribution in [2.75, 3.05) is 0 Å². The average Bonchev–Trinajstić information content (AvgIpc) is 2.95. The van der Waals surface area contributed by atoms with Crippen LogP contribution in [0.15, 0.2) is 50.2 Å². The zero-order chi connectivity index (χ0) is 21.6. The van der Waals surface area contributed by atoms with E-state index in [1.54, 1.807) is 40.7 Å². The molecule has 1 N–H and O–H groups in total. The van der Waals surface area contributed by atoms with Crippen LogP contribution < -0.4 is 4.72 Å². The van der Waals surface area contributed by atoms with Crippen LogP contribution in [0.3, 0.4) is 0 Å². The Balaban J connectivity index is 1.96. The van der Waals surface area contributed by atoms with E-state index in [-0.39, 0.29) is 10.8 Å². The van der Waals surface area contributed by atoms with Crippen LogP contribution >= 0.6 is 15.9 Å². The second-order valence-electron chi connectivity index (χ2n) is 8.28. The summed E-state index contributed by atoms with van der Waals surface area (Å²) in [5.41, 5.74) is 0.413. The van der Waals surface area contributed by atoms with Gasteiger partial charge in [0, 0.05) is 21.3 Å². The summed E-state index contributed by atoms with van der Waals surface area (Å²) in [6.45, 7) is 8.74. The maximum atomic E-state index is 13.0. The van der Waals surface area contributed by atoms with Crippen LogP contribution in [-0.2, 0) is 19.6 Å². The smallest absolute Gasteiger partial charge is 0.324 e. The number of ether oxygens (including phenoxy) is 1. The van der Waals surface area contributed by atoms with Gasteiger partial charge in [-0.15, -0.1) is 0 Å². The molecule has 0 saturated heterocycles. The first-order valence-electron chi connectivity index (χ1n) is 9.24. The quantitative estimate of drug-likeness (QED) is 0.518. The second kappa shape index (κ2) is 7.74. The fraction of sp³-hybridized carbons (Fsp3) is 0.381. The predicted molar refractivity (Wildman–Crippen MR) is 116 cm³/mol. The molecule has 3 aromatic rings. The molecule has 0 spiro atoms. The van der Waals surface area contributed by atoms with Crippen molar-refractivity contribution < 1.29 is 22.4 Å². The van der Waals surface area contributed by atoms with E-state index in [0.29, 0.717) is 11.2 Å². The summed E-state index contributed by atoms with van der Waals surface area (Å²) in [6.07, 6.45) is 0. The molecule has 8 heteroatoms. The molecule has 2 aromatic carbocycles. The molecule has 29 heavy (non-hydrogen) atoms. The topological polar surface area (TPSA) is 85.6 Å². The van der Waals surface area contributed by atoms with Crippen molar-refractivity contribution in [3.8, 4) is 0 Å². The molecule has 0 amide bonds. The van der Waals surface area contributed by atoms with Gasteiger partial charge < -0.3 is 9.15 Å². The Kier molecular flexibility index (Phi) is 5.82. The van der Waals surface area contributed by atoms with Gasteiger partial charge >= 0.3 is 5.97 Å². The maximum absolute atomic E-state index is 13.0. The molecule has 0 bridgehead atoms. The first kappa shape index (κ1) is 21.8. The number of hydrogen-bond donors (Lipinski definition) is 1. The minimum Gasteiger partial charge on any atom is -0.459 e. The van der Waals surface area contributed by atoms with Crippen molar-refractivity contribution in [3.63, 3.8) is 0 Å². The summed E-state index contributed by atoms with van der Waals surface area (Å²) in [7, 11) is -3.96. The molecule has 1 atom stereocenters. The summed E-state index contributed by atoms with van der Waals surface area (Å²) in [5.74, 6) is -0.891. The van der Waals surface area contributed by atoms with E-state index >= 15 is 0 Å². The lowest BCUT2D eigenvalue weighted by molar-refractivity contribution is -0.158. The Hall–Kier alpha value is -1.90. The fourth-order valence-electron chi connectivity index (χ4n) is 2.95. The number of furan rings is 1. The summed E-state index contributed by atoms with van der Waals surface area (Å²) in [5, 5.41) is 1.70. The zero-order valence-corrected chi connectivity index (χ0v) is 19.3. The summed E-state index contributed by atoms with van der Waals surface area (Å²) in [6, 6.07) is 9.29. The molecule has 3 rings (SSSR count). The van der Waals surface area contributed by atoms with Crippen molar-refractivity contribution in [2.45, 2.75) is 51.2 Å². The lowest BCUT2D eigenvalue weighted by Gasteiger charge is -2.26. The number of halogens is 1. The molecule has 0 radical (unpaired) electrons. The van der Waals surface area contributed by atoms with Crippen molar-refractivity contribution in [3.05, 3.63) is 40.9 Å². The van der Waals surface area contributed by atoms with Crippen LogP contribution in [-0.4, -0.2) is 26.0 Å². The molecule has 1 unspecified atom stereocenters. The van der Waals surface area contributed by atoms with Crippen molar-refractivity contribution >= 4 is 53.9 Å². The molecule has 0 aliphatic rings. The molecular weight excluding hydrogens is 458 g/mol. The van der Waals surface area contributed by atoms with Gasteiger partial charge in [0.25, 0.3) is 0 Å². The van der Waals surface area contributed by atoms with E-state index in [1.165, 1.54) is 12.1 Å². The minimum absolute atomic E-state index is 0.0253. The molecule has 0 aliphatic carbocycles. The highest BCUT2D eigenvalue weighted by molar-refractivity contribution is 9.10. The average molecular weight is 482 g/mol. The van der Waals surface area contributed by atoms with Crippen LogP contribution in [0.4, 0.5) is 0 Å². The van der Waals surface area contributed by atoms with Crippen LogP contribution in [0.5, 0.6) is 0 Å². The highest BCUT2D eigenvalue weighted by Crippen LogP contribution is 2.32. The Labute approximate surface area is 178 Å². The zero-order valence-electron chi connectivity index (χ0n) is 16.9. The number of benzene rings is 2. The predicted octanol–water partition coefficient (Wildman–Crippen LogP) is 4.99. The van der Waals surface area contributed by atoms with Crippen LogP contribution in [0, 0.1) is 5.92 Å². The number of nitrogens with one attached hydrogen (secondary N) is 1. The Morgan fingerprint density at radius 3 is 2.38 bits per heavy atom. The van der Waals surface area contributed by atoms with Gasteiger partial charge in [0.1, 0.15) is 22.8 Å². The lowest BCUT2D eigenvalue weighted by atomic mass is 10.1. The molecule has 156 valence electrons. The largest absolute Gasteiger partial charge is 0.459 e. The summed E-state index contributed by atoms with van der Waals surface area (Å²) >= 11 is 3.43. The second-order valence-corrected chi connectivity index (χ2v) is 10.9. The number of carbonyl (C=O) groups excluding carboxylic acids is 1. The van der Waals surface area contributed by atoms with Gasteiger partial charge in [0.05, 0.1) is 4.90 Å². The third-order valence-corrected chi connectivity index (χ3v) is 6.26. The van der Waals surface area contributed by atoms with Gasteiger partial charge in [-0.1, -0.05) is 29.8 Å². The fourth-order valence-corrected chi connectivity index (χ4v) is 4.66. The highest BCUT2D eigenvalue weighted by Gasteiger charge is 2.32. The van der Waals surface area contributed by atoms with E-state index in [2.05, 4.69) is 20.7 Å². The number of esters is 1. The van der Waals surface area contributed by atoms with Crippen molar-refractivity contribution in [2.24, 2.45) is 5.92 Å². The first-order valence-corrected chi connectivity index (χ1v) is 11.5. The van der Waals surface area contributed by atoms with Crippen LogP contribution in [0.25, 0.3) is 21.9 Å². The third-order valence-electron chi connectivity index (χ3n) is 4.32. The van der Waals surface area contributed by atoms with Gasteiger partial charge in [0.2, 0.25) is 10.0 Å². The van der Waals surface area contributed by atoms with Gasteiger partial charge in [0.15, 0.2) is 0 Å². The van der Waals surface area contributed by atoms with E-state index in [9.17, 15) is 13.2 Å². The number of hydrogen-bond acceptors (Lipinski definition) is 5. The van der Waals surface area contributed by atoms with Crippen molar-refractivity contribution in [1.29, 1.82) is 0 Å². The first-order chi connectivity index (χ1) is 13.4. The molecule has 6 nitrogen and oxygen atoms in total. The molecule has 1 heterocycles. The number of fused-ring (bicyclic) bond motifs is 3. The SMILES string of the molecule is CC(C)C(NS(=O)(=O)c1ccc2c(c1)oc1ccc(Br)cc12)C(=O)OC(C)(C)C. The van der Waals surface area contributed by atoms with Gasteiger partial charge in [-0.05, 0) is 57.0 Å². The standard InChI is InChI=1S/C21H24BrNO5S/c1-12(2)19(20(24)28-21(3,4)5)23-29(25,26)14-7-8-15-16-10-13(22)6-9-17(16)27-18(15)11-14/h6-12,19,23H,1-5H3. The number of carbonyl (C=O) groups is 1. The number of sulfonamides is 1. The minimum atomic E-state index is -3.96. The van der Waals surface area contributed by atoms with E-state index in [1.807, 2.05) is 18.2 Å². The molecule has 0 fully saturated rings. The molecular formula is C21H24BrNO5S. The summed E-state index contributed by atoms with van der Waals surface area (Å²) in [4.78, 5) is 12.5. The van der Waals surface area contributed by atoms with E-state index in [0.717, 1.165) is 15.2 Å². The third kappa shape index (κ3) is 4.82. The molecule has 0 aliphatic heterocycles. The monoisotopic (exact) mass is 481 g/mol. The van der Waals surface area contributed by atoms with E-state index in [4.69, 9.17) is 9.15 Å². The number of rotatable bonds is 5. The Morgan fingerprint density at radius 1 is 1.07 bits per heavy atom. The van der Waals surface area contributed by atoms with Gasteiger partial charge in [-0.2, -0.15) is 4.72 Å². The Bertz CT molecular complexity index is 1170. The molecule has 0 saturated carbocycles. The van der Waals surface area contributed by atoms with Crippen molar-refractivity contribution in [1.82, 2.24) is 4.72 Å². The summed E-state index contributed by atoms with van der Waals surface area (Å²) < 4.78 is 40.5. The maximum Gasteiger partial charge on any atom is 0.324 e. The van der Waals surface area contributed by atoms with Crippen LogP contribution in [0.2, 0.25) is 0 Å². The van der Waals surface area contributed by atoms with Gasteiger partial charge in [-0.25, -0.2) is 8.42 Å². The van der Waals surface area contributed by atoms with E-state index < -0.39 is 27.6 Å². The normalized spacial score (nSPS) is 13.9. The highest BCUT2D eigenvalue weighted by atomic mass is 79.9. The lowest BCUT2D eigenvalue weighted by Crippen LogP contribution is -2.47. The molecule has 1 aromatic heterocycles. The van der Waals surface area contributed by atoms with Gasteiger partial charge in [-0.3, -0.25) is 4.79 Å². The Morgan fingerprint density at radius 2 is 1.76 bits per heavy atom.